The minimum atomic E-state index is -0.244. The maximum absolute atomic E-state index is 13.2. The lowest BCUT2D eigenvalue weighted by Crippen LogP contribution is -2.34. The number of pyridine rings is 2. The molecule has 0 radical (unpaired) electrons. The number of hydrogen-bond acceptors (Lipinski definition) is 5. The summed E-state index contributed by atoms with van der Waals surface area (Å²) in [5, 5.41) is 3.35. The van der Waals surface area contributed by atoms with Crippen molar-refractivity contribution in [3.63, 3.8) is 0 Å². The zero-order chi connectivity index (χ0) is 18.3. The molecule has 1 saturated heterocycles. The molecule has 0 N–H and O–H groups in total. The molecule has 7 heteroatoms. The first-order valence-corrected chi connectivity index (χ1v) is 9.69. The highest BCUT2D eigenvalue weighted by Crippen LogP contribution is 2.33. The summed E-state index contributed by atoms with van der Waals surface area (Å²) in [6.07, 6.45) is 5.23. The first kappa shape index (κ1) is 16.9. The van der Waals surface area contributed by atoms with Gasteiger partial charge in [-0.25, -0.2) is 9.97 Å². The van der Waals surface area contributed by atoms with Crippen molar-refractivity contribution < 1.29 is 4.79 Å². The fourth-order valence-corrected chi connectivity index (χ4v) is 4.36. The van der Waals surface area contributed by atoms with Crippen molar-refractivity contribution in [3.8, 4) is 0 Å². The van der Waals surface area contributed by atoms with Crippen LogP contribution < -0.4 is 5.43 Å². The second kappa shape index (κ2) is 6.64. The van der Waals surface area contributed by atoms with Crippen LogP contribution in [0.5, 0.6) is 0 Å². The number of aromatic nitrogens is 3. The average molecular weight is 368 g/mol. The number of thiazole rings is 1. The highest BCUT2D eigenvalue weighted by molar-refractivity contribution is 7.09. The molecule has 1 atom stereocenters. The second-order valence-corrected chi connectivity index (χ2v) is 7.43. The summed E-state index contributed by atoms with van der Waals surface area (Å²) >= 11 is 1.55. The van der Waals surface area contributed by atoms with E-state index in [-0.39, 0.29) is 22.9 Å². The molecule has 134 valence electrons. The van der Waals surface area contributed by atoms with Gasteiger partial charge in [-0.05, 0) is 38.8 Å². The number of rotatable bonds is 3. The lowest BCUT2D eigenvalue weighted by Gasteiger charge is -2.23. The summed E-state index contributed by atoms with van der Waals surface area (Å²) in [6.45, 7) is 5.17. The zero-order valence-corrected chi connectivity index (χ0v) is 15.6. The van der Waals surface area contributed by atoms with Crippen molar-refractivity contribution in [2.45, 2.75) is 39.3 Å². The van der Waals surface area contributed by atoms with Crippen LogP contribution in [-0.2, 0) is 6.54 Å². The van der Waals surface area contributed by atoms with Crippen molar-refractivity contribution in [2.24, 2.45) is 0 Å². The number of nitrogens with zero attached hydrogens (tertiary/aromatic N) is 4. The minimum Gasteiger partial charge on any atom is -0.332 e. The molecule has 4 rings (SSSR count). The van der Waals surface area contributed by atoms with Crippen LogP contribution in [0.15, 0.2) is 34.7 Å². The lowest BCUT2D eigenvalue weighted by molar-refractivity contribution is 0.0733. The Hall–Kier alpha value is -2.54. The standard InChI is InChI=1S/C19H20N4O2S/c1-3-22-11-14(16(24)13-7-6-12(2)21-17(13)22)19(25)23-9-4-5-15(23)18-20-8-10-26-18/h6-8,10-11,15H,3-5,9H2,1-2H3. The van der Waals surface area contributed by atoms with Crippen LogP contribution in [-0.4, -0.2) is 31.9 Å². The van der Waals surface area contributed by atoms with E-state index in [0.29, 0.717) is 24.1 Å². The lowest BCUT2D eigenvalue weighted by atomic mass is 10.1. The molecule has 1 aliphatic heterocycles. The van der Waals surface area contributed by atoms with E-state index in [1.807, 2.05) is 29.9 Å². The van der Waals surface area contributed by atoms with E-state index < -0.39 is 0 Å². The van der Waals surface area contributed by atoms with Crippen LogP contribution >= 0.6 is 11.3 Å². The molecule has 0 bridgehead atoms. The number of carbonyl (C=O) groups is 1. The normalized spacial score (nSPS) is 17.2. The van der Waals surface area contributed by atoms with Crippen molar-refractivity contribution in [1.82, 2.24) is 19.4 Å². The zero-order valence-electron chi connectivity index (χ0n) is 14.8. The Morgan fingerprint density at radius 2 is 2.23 bits per heavy atom. The number of carbonyl (C=O) groups excluding carboxylic acids is 1. The fourth-order valence-electron chi connectivity index (χ4n) is 3.57. The van der Waals surface area contributed by atoms with E-state index >= 15 is 0 Å². The van der Waals surface area contributed by atoms with E-state index in [0.717, 1.165) is 23.5 Å². The van der Waals surface area contributed by atoms with Crippen molar-refractivity contribution in [1.29, 1.82) is 0 Å². The molecule has 0 aliphatic carbocycles. The van der Waals surface area contributed by atoms with Crippen LogP contribution in [0.1, 0.15) is 46.9 Å². The Balaban J connectivity index is 1.81. The van der Waals surface area contributed by atoms with Crippen molar-refractivity contribution >= 4 is 28.3 Å². The molecule has 0 aromatic carbocycles. The van der Waals surface area contributed by atoms with E-state index in [4.69, 9.17) is 0 Å². The largest absolute Gasteiger partial charge is 0.332 e. The van der Waals surface area contributed by atoms with Crippen LogP contribution in [0.4, 0.5) is 0 Å². The maximum Gasteiger partial charge on any atom is 0.259 e. The Labute approximate surface area is 155 Å². The molecule has 1 fully saturated rings. The minimum absolute atomic E-state index is 0.0381. The SMILES string of the molecule is CCn1cc(C(=O)N2CCCC2c2nccs2)c(=O)c2ccc(C)nc21. The first-order chi connectivity index (χ1) is 12.6. The maximum atomic E-state index is 13.2. The second-order valence-electron chi connectivity index (χ2n) is 6.51. The smallest absolute Gasteiger partial charge is 0.259 e. The van der Waals surface area contributed by atoms with Crippen LogP contribution in [0, 0.1) is 6.92 Å². The van der Waals surface area contributed by atoms with Crippen molar-refractivity contribution in [3.05, 3.63) is 56.4 Å². The summed E-state index contributed by atoms with van der Waals surface area (Å²) in [6, 6.07) is 3.54. The molecule has 1 unspecified atom stereocenters. The van der Waals surface area contributed by atoms with E-state index in [9.17, 15) is 9.59 Å². The highest BCUT2D eigenvalue weighted by atomic mass is 32.1. The van der Waals surface area contributed by atoms with Gasteiger partial charge >= 0.3 is 0 Å². The predicted molar refractivity (Wildman–Crippen MR) is 102 cm³/mol. The van der Waals surface area contributed by atoms with Gasteiger partial charge in [-0.15, -0.1) is 11.3 Å². The van der Waals surface area contributed by atoms with Gasteiger partial charge in [0.1, 0.15) is 16.2 Å². The van der Waals surface area contributed by atoms with Crippen molar-refractivity contribution in [2.75, 3.05) is 6.54 Å². The Morgan fingerprint density at radius 3 is 2.96 bits per heavy atom. The van der Waals surface area contributed by atoms with Gasteiger partial charge in [0.15, 0.2) is 0 Å². The van der Waals surface area contributed by atoms with Gasteiger partial charge < -0.3 is 9.47 Å². The first-order valence-electron chi connectivity index (χ1n) is 8.81. The molecular formula is C19H20N4O2S. The van der Waals surface area contributed by atoms with Gasteiger partial charge in [-0.1, -0.05) is 0 Å². The van der Waals surface area contributed by atoms with Crippen LogP contribution in [0.3, 0.4) is 0 Å². The molecular weight excluding hydrogens is 348 g/mol. The summed E-state index contributed by atoms with van der Waals surface area (Å²) in [5.74, 6) is -0.211. The Morgan fingerprint density at radius 1 is 1.38 bits per heavy atom. The number of amides is 1. The third-order valence-electron chi connectivity index (χ3n) is 4.88. The molecule has 26 heavy (non-hydrogen) atoms. The molecule has 0 saturated carbocycles. The van der Waals surface area contributed by atoms with Gasteiger partial charge in [0.2, 0.25) is 5.43 Å². The van der Waals surface area contributed by atoms with Crippen LogP contribution in [0.2, 0.25) is 0 Å². The highest BCUT2D eigenvalue weighted by Gasteiger charge is 2.33. The third kappa shape index (κ3) is 2.72. The van der Waals surface area contributed by atoms with E-state index in [1.165, 1.54) is 0 Å². The molecule has 3 aromatic rings. The predicted octanol–water partition coefficient (Wildman–Crippen LogP) is 3.16. The van der Waals surface area contributed by atoms with Gasteiger partial charge in [0.25, 0.3) is 5.91 Å². The van der Waals surface area contributed by atoms with Gasteiger partial charge in [-0.3, -0.25) is 9.59 Å². The molecule has 0 spiro atoms. The molecule has 3 aromatic heterocycles. The summed E-state index contributed by atoms with van der Waals surface area (Å²) < 4.78 is 1.88. The quantitative estimate of drug-likeness (QED) is 0.712. The Bertz CT molecular complexity index is 1030. The molecule has 4 heterocycles. The fraction of sp³-hybridized carbons (Fsp3) is 0.368. The summed E-state index contributed by atoms with van der Waals surface area (Å²) in [5.41, 5.74) is 1.45. The van der Waals surface area contributed by atoms with Gasteiger partial charge in [-0.2, -0.15) is 0 Å². The summed E-state index contributed by atoms with van der Waals surface area (Å²) in [4.78, 5) is 36.9. The van der Waals surface area contributed by atoms with Gasteiger partial charge in [0, 0.05) is 36.6 Å². The third-order valence-corrected chi connectivity index (χ3v) is 5.76. The molecule has 6 nitrogen and oxygen atoms in total. The Kier molecular flexibility index (Phi) is 4.32. The van der Waals surface area contributed by atoms with E-state index in [2.05, 4.69) is 9.97 Å². The topological polar surface area (TPSA) is 68.1 Å². The monoisotopic (exact) mass is 368 g/mol. The number of aryl methyl sites for hydroxylation is 2. The van der Waals surface area contributed by atoms with Crippen LogP contribution in [0.25, 0.3) is 11.0 Å². The average Bonchev–Trinajstić information content (AvgIpc) is 3.32. The number of fused-ring (bicyclic) bond motifs is 1. The number of hydrogen-bond donors (Lipinski definition) is 0. The van der Waals surface area contributed by atoms with Gasteiger partial charge in [0.05, 0.1) is 11.4 Å². The molecule has 1 amide bonds. The summed E-state index contributed by atoms with van der Waals surface area (Å²) in [7, 11) is 0. The number of likely N-dealkylation sites (tertiary alicyclic amines) is 1. The van der Waals surface area contributed by atoms with E-state index in [1.54, 1.807) is 34.7 Å². The molecule has 1 aliphatic rings.